The highest BCUT2D eigenvalue weighted by Gasteiger charge is 2.34. The molecule has 13 heavy (non-hydrogen) atoms. The Morgan fingerprint density at radius 1 is 1.85 bits per heavy atom. The molecule has 1 unspecified atom stereocenters. The number of nitrogens with zero attached hydrogens (tertiary/aromatic N) is 2. The van der Waals surface area contributed by atoms with Gasteiger partial charge in [0.2, 0.25) is 0 Å². The predicted molar refractivity (Wildman–Crippen MR) is 47.9 cm³/mol. The maximum Gasteiger partial charge on any atom is 0.415 e. The summed E-state index contributed by atoms with van der Waals surface area (Å²) in [4.78, 5) is 16.7. The molecule has 1 saturated heterocycles. The first-order valence-corrected chi connectivity index (χ1v) is 4.09. The van der Waals surface area contributed by atoms with E-state index in [-0.39, 0.29) is 12.1 Å². The molecule has 0 bridgehead atoms. The van der Waals surface area contributed by atoms with Crippen LogP contribution in [0.2, 0.25) is 0 Å². The van der Waals surface area contributed by atoms with Gasteiger partial charge >= 0.3 is 6.09 Å². The smallest absolute Gasteiger partial charge is 0.415 e. The van der Waals surface area contributed by atoms with Crippen molar-refractivity contribution in [1.82, 2.24) is 4.90 Å². The van der Waals surface area contributed by atoms with E-state index in [9.17, 15) is 4.79 Å². The lowest BCUT2D eigenvalue weighted by Gasteiger charge is -2.19. The molecule has 0 spiro atoms. The Bertz CT molecular complexity index is 227. The summed E-state index contributed by atoms with van der Waals surface area (Å²) in [5.74, 6) is 0.657. The molecule has 1 rings (SSSR count). The van der Waals surface area contributed by atoms with E-state index in [1.807, 2.05) is 0 Å². The zero-order chi connectivity index (χ0) is 9.84. The number of methoxy groups -OCH3 is 1. The van der Waals surface area contributed by atoms with Crippen molar-refractivity contribution in [2.24, 2.45) is 4.99 Å². The average molecular weight is 186 g/mol. The van der Waals surface area contributed by atoms with Crippen LogP contribution in [0.5, 0.6) is 0 Å². The van der Waals surface area contributed by atoms with Crippen molar-refractivity contribution in [3.63, 3.8) is 0 Å². The number of hydrogen-bond donors (Lipinski definition) is 0. The average Bonchev–Trinajstić information content (AvgIpc) is 2.47. The number of cyclic esters (lactones) is 1. The first kappa shape index (κ1) is 9.98. The fourth-order valence-corrected chi connectivity index (χ4v) is 1.28. The highest BCUT2D eigenvalue weighted by molar-refractivity contribution is 5.95. The van der Waals surface area contributed by atoms with Crippen LogP contribution in [-0.4, -0.2) is 50.2 Å². The lowest BCUT2D eigenvalue weighted by molar-refractivity contribution is 0.148. The number of hydrogen-bond acceptors (Lipinski definition) is 4. The third-order valence-electron chi connectivity index (χ3n) is 1.99. The molecule has 74 valence electrons. The molecule has 0 aromatic heterocycles. The second-order valence-corrected chi connectivity index (χ2v) is 2.83. The Balaban J connectivity index is 2.71. The highest BCUT2D eigenvalue weighted by Crippen LogP contribution is 2.13. The second-order valence-electron chi connectivity index (χ2n) is 2.83. The van der Waals surface area contributed by atoms with Crippen molar-refractivity contribution in [2.45, 2.75) is 13.0 Å². The molecule has 5 heteroatoms. The number of carbonyl (C=O) groups is 1. The molecule has 1 amide bonds. The minimum Gasteiger partial charge on any atom is -0.447 e. The van der Waals surface area contributed by atoms with Gasteiger partial charge in [-0.2, -0.15) is 0 Å². The van der Waals surface area contributed by atoms with Crippen molar-refractivity contribution in [1.29, 1.82) is 0 Å². The van der Waals surface area contributed by atoms with E-state index in [0.29, 0.717) is 19.0 Å². The summed E-state index contributed by atoms with van der Waals surface area (Å²) in [6.07, 6.45) is -0.342. The molecule has 1 aliphatic heterocycles. The van der Waals surface area contributed by atoms with Crippen LogP contribution in [0.1, 0.15) is 6.92 Å². The van der Waals surface area contributed by atoms with Gasteiger partial charge in [-0.3, -0.25) is 9.89 Å². The second kappa shape index (κ2) is 4.23. The Morgan fingerprint density at radius 3 is 3.08 bits per heavy atom. The third-order valence-corrected chi connectivity index (χ3v) is 1.99. The SMILES string of the molecule is CN=C(C)N1C(=O)OCC1COC. The molecule has 1 heterocycles. The van der Waals surface area contributed by atoms with Crippen LogP contribution in [0.25, 0.3) is 0 Å². The van der Waals surface area contributed by atoms with Gasteiger partial charge in [0.1, 0.15) is 12.4 Å². The number of amidine groups is 1. The molecule has 1 aliphatic rings. The number of carbonyl (C=O) groups excluding carboxylic acids is 1. The first-order chi connectivity index (χ1) is 6.20. The van der Waals surface area contributed by atoms with Crippen LogP contribution in [0, 0.1) is 0 Å². The molecule has 1 fully saturated rings. The minimum atomic E-state index is -0.342. The standard InChI is InChI=1S/C8H14N2O3/c1-6(9-2)10-7(4-12-3)5-13-8(10)11/h7H,4-5H2,1-3H3. The molecule has 0 saturated carbocycles. The van der Waals surface area contributed by atoms with Crippen molar-refractivity contribution < 1.29 is 14.3 Å². The van der Waals surface area contributed by atoms with Crippen LogP contribution in [0.3, 0.4) is 0 Å². The topological polar surface area (TPSA) is 51.1 Å². The van der Waals surface area contributed by atoms with E-state index in [2.05, 4.69) is 4.99 Å². The molecule has 5 nitrogen and oxygen atoms in total. The van der Waals surface area contributed by atoms with Crippen molar-refractivity contribution in [3.8, 4) is 0 Å². The molecule has 1 atom stereocenters. The van der Waals surface area contributed by atoms with E-state index in [0.717, 1.165) is 0 Å². The van der Waals surface area contributed by atoms with E-state index >= 15 is 0 Å². The number of aliphatic imine (C=N–C) groups is 1. The van der Waals surface area contributed by atoms with Crippen molar-refractivity contribution in [3.05, 3.63) is 0 Å². The van der Waals surface area contributed by atoms with Gasteiger partial charge in [-0.15, -0.1) is 0 Å². The summed E-state index contributed by atoms with van der Waals surface area (Å²) >= 11 is 0. The largest absolute Gasteiger partial charge is 0.447 e. The maximum absolute atomic E-state index is 11.2. The Morgan fingerprint density at radius 2 is 2.54 bits per heavy atom. The zero-order valence-electron chi connectivity index (χ0n) is 8.11. The predicted octanol–water partition coefficient (Wildman–Crippen LogP) is 0.502. The third kappa shape index (κ3) is 1.98. The monoisotopic (exact) mass is 186 g/mol. The van der Waals surface area contributed by atoms with Gasteiger partial charge in [-0.1, -0.05) is 0 Å². The molecule has 0 radical (unpaired) electrons. The van der Waals surface area contributed by atoms with Crippen molar-refractivity contribution >= 4 is 11.9 Å². The van der Waals surface area contributed by atoms with Gasteiger partial charge in [-0.25, -0.2) is 4.79 Å². The van der Waals surface area contributed by atoms with Crippen LogP contribution < -0.4 is 0 Å². The Hall–Kier alpha value is -1.10. The fourth-order valence-electron chi connectivity index (χ4n) is 1.28. The van der Waals surface area contributed by atoms with Crippen LogP contribution >= 0.6 is 0 Å². The van der Waals surface area contributed by atoms with E-state index in [1.54, 1.807) is 21.1 Å². The molecular weight excluding hydrogens is 172 g/mol. The molecular formula is C8H14N2O3. The van der Waals surface area contributed by atoms with Gasteiger partial charge in [0.15, 0.2) is 0 Å². The number of ether oxygens (including phenoxy) is 2. The summed E-state index contributed by atoms with van der Waals surface area (Å²) in [5.41, 5.74) is 0. The Kier molecular flexibility index (Phi) is 3.25. The molecule has 0 aliphatic carbocycles. The number of rotatable bonds is 2. The maximum atomic E-state index is 11.2. The van der Waals surface area contributed by atoms with E-state index in [1.165, 1.54) is 4.90 Å². The lowest BCUT2D eigenvalue weighted by Crippen LogP contribution is -2.40. The first-order valence-electron chi connectivity index (χ1n) is 4.09. The lowest BCUT2D eigenvalue weighted by atomic mass is 10.3. The molecule has 0 aromatic carbocycles. The Labute approximate surface area is 77.3 Å². The minimum absolute atomic E-state index is 0.0406. The van der Waals surface area contributed by atoms with Gasteiger partial charge in [0.25, 0.3) is 0 Å². The summed E-state index contributed by atoms with van der Waals surface area (Å²) in [6.45, 7) is 2.62. The summed E-state index contributed by atoms with van der Waals surface area (Å²) < 4.78 is 9.85. The van der Waals surface area contributed by atoms with Gasteiger partial charge in [0, 0.05) is 14.2 Å². The molecule has 0 N–H and O–H groups in total. The number of amides is 1. The molecule has 0 aromatic rings. The van der Waals surface area contributed by atoms with E-state index < -0.39 is 0 Å². The van der Waals surface area contributed by atoms with Gasteiger partial charge in [0.05, 0.1) is 12.6 Å². The summed E-state index contributed by atoms with van der Waals surface area (Å²) in [6, 6.07) is -0.0406. The van der Waals surface area contributed by atoms with Gasteiger partial charge < -0.3 is 9.47 Å². The fraction of sp³-hybridized carbons (Fsp3) is 0.750. The van der Waals surface area contributed by atoms with Crippen LogP contribution in [0.15, 0.2) is 4.99 Å². The zero-order valence-corrected chi connectivity index (χ0v) is 8.11. The normalized spacial score (nSPS) is 23.6. The van der Waals surface area contributed by atoms with Crippen LogP contribution in [-0.2, 0) is 9.47 Å². The van der Waals surface area contributed by atoms with E-state index in [4.69, 9.17) is 9.47 Å². The van der Waals surface area contributed by atoms with Crippen molar-refractivity contribution in [2.75, 3.05) is 27.4 Å². The summed E-state index contributed by atoms with van der Waals surface area (Å²) in [7, 11) is 3.24. The highest BCUT2D eigenvalue weighted by atomic mass is 16.6. The van der Waals surface area contributed by atoms with Crippen LogP contribution in [0.4, 0.5) is 4.79 Å². The quantitative estimate of drug-likeness (QED) is 0.466. The summed E-state index contributed by atoms with van der Waals surface area (Å²) in [5, 5.41) is 0. The van der Waals surface area contributed by atoms with Gasteiger partial charge in [-0.05, 0) is 6.92 Å².